The lowest BCUT2D eigenvalue weighted by molar-refractivity contribution is -0.130. The largest absolute Gasteiger partial charge is 0.392 e. The molecule has 1 saturated carbocycles. The van der Waals surface area contributed by atoms with E-state index in [2.05, 4.69) is 25.2 Å². The lowest BCUT2D eigenvalue weighted by Gasteiger charge is -2.22. The molecule has 0 aliphatic heterocycles. The highest BCUT2D eigenvalue weighted by atomic mass is 16.3. The SMILES string of the molecule is CCCC[C@](C)(O)CC=C[C@@H]1[C@H]2CC(CCCCC(=O)N(CC)CC)=C[C@H]2C[C@H]1O. The molecular weight excluding hydrogens is 374 g/mol. The Morgan fingerprint density at radius 3 is 2.63 bits per heavy atom. The number of rotatable bonds is 13. The molecule has 2 rings (SSSR count). The molecule has 30 heavy (non-hydrogen) atoms. The van der Waals surface area contributed by atoms with Crippen molar-refractivity contribution in [3.05, 3.63) is 23.8 Å². The second kappa shape index (κ2) is 12.0. The standard InChI is InChI=1S/C26H45NO3/c1-5-8-15-26(4,30)16-11-13-22-23-18-20(17-21(23)19-24(22)28)12-9-10-14-25(29)27(6-2)7-3/h11,13,17,21-24,28,30H,5-10,12,14-16,18-19H2,1-4H3/t21-,22+,23-,24+,26-/m0/s1. The first-order valence-electron chi connectivity index (χ1n) is 12.4. The average Bonchev–Trinajstić information content (AvgIpc) is 3.22. The third kappa shape index (κ3) is 7.23. The Hall–Kier alpha value is -1.13. The molecule has 2 aliphatic carbocycles. The van der Waals surface area contributed by atoms with Crippen LogP contribution in [0.5, 0.6) is 0 Å². The van der Waals surface area contributed by atoms with Crippen LogP contribution in [0.4, 0.5) is 0 Å². The average molecular weight is 420 g/mol. The zero-order valence-electron chi connectivity index (χ0n) is 19.8. The van der Waals surface area contributed by atoms with Crippen molar-refractivity contribution in [1.82, 2.24) is 4.90 Å². The number of carbonyl (C=O) groups excluding carboxylic acids is 1. The molecule has 0 aromatic rings. The van der Waals surface area contributed by atoms with Crippen LogP contribution in [0, 0.1) is 17.8 Å². The number of hydrogen-bond acceptors (Lipinski definition) is 3. The van der Waals surface area contributed by atoms with Gasteiger partial charge in [-0.25, -0.2) is 0 Å². The molecule has 0 radical (unpaired) electrons. The Morgan fingerprint density at radius 1 is 1.23 bits per heavy atom. The summed E-state index contributed by atoms with van der Waals surface area (Å²) < 4.78 is 0. The molecule has 0 bridgehead atoms. The van der Waals surface area contributed by atoms with Gasteiger partial charge >= 0.3 is 0 Å². The molecule has 2 N–H and O–H groups in total. The lowest BCUT2D eigenvalue weighted by atomic mass is 9.87. The molecule has 1 fully saturated rings. The van der Waals surface area contributed by atoms with E-state index in [1.165, 1.54) is 5.57 Å². The molecule has 4 nitrogen and oxygen atoms in total. The number of unbranched alkanes of at least 4 members (excludes halogenated alkanes) is 2. The number of aliphatic hydroxyl groups excluding tert-OH is 1. The van der Waals surface area contributed by atoms with E-state index in [0.717, 1.165) is 64.5 Å². The van der Waals surface area contributed by atoms with Gasteiger partial charge in [0.15, 0.2) is 0 Å². The van der Waals surface area contributed by atoms with E-state index in [-0.39, 0.29) is 17.9 Å². The van der Waals surface area contributed by atoms with E-state index in [1.54, 1.807) is 0 Å². The first-order chi connectivity index (χ1) is 14.3. The van der Waals surface area contributed by atoms with Crippen LogP contribution in [0.3, 0.4) is 0 Å². The van der Waals surface area contributed by atoms with Crippen molar-refractivity contribution in [2.24, 2.45) is 17.8 Å². The third-order valence-corrected chi connectivity index (χ3v) is 7.19. The summed E-state index contributed by atoms with van der Waals surface area (Å²) in [6, 6.07) is 0. The molecule has 0 aromatic heterocycles. The van der Waals surface area contributed by atoms with Gasteiger partial charge in [0.1, 0.15) is 0 Å². The molecule has 172 valence electrons. The summed E-state index contributed by atoms with van der Waals surface area (Å²) >= 11 is 0. The number of aliphatic hydroxyl groups is 2. The molecule has 1 amide bonds. The predicted molar refractivity (Wildman–Crippen MR) is 124 cm³/mol. The zero-order chi connectivity index (χ0) is 22.1. The van der Waals surface area contributed by atoms with Crippen molar-refractivity contribution in [3.63, 3.8) is 0 Å². The van der Waals surface area contributed by atoms with E-state index in [4.69, 9.17) is 0 Å². The molecule has 0 spiro atoms. The molecule has 2 aliphatic rings. The minimum Gasteiger partial charge on any atom is -0.392 e. The van der Waals surface area contributed by atoms with Crippen LogP contribution < -0.4 is 0 Å². The van der Waals surface area contributed by atoms with Crippen molar-refractivity contribution in [3.8, 4) is 0 Å². The van der Waals surface area contributed by atoms with Crippen molar-refractivity contribution >= 4 is 5.91 Å². The van der Waals surface area contributed by atoms with Gasteiger partial charge in [-0.05, 0) is 77.6 Å². The van der Waals surface area contributed by atoms with Crippen molar-refractivity contribution < 1.29 is 15.0 Å². The quantitative estimate of drug-likeness (QED) is 0.317. The smallest absolute Gasteiger partial charge is 0.222 e. The number of allylic oxidation sites excluding steroid dienone is 2. The molecule has 5 atom stereocenters. The maximum atomic E-state index is 12.1. The van der Waals surface area contributed by atoms with Gasteiger partial charge in [0.05, 0.1) is 11.7 Å². The molecule has 4 heteroatoms. The van der Waals surface area contributed by atoms with Crippen LogP contribution in [0.25, 0.3) is 0 Å². The minimum atomic E-state index is -0.642. The van der Waals surface area contributed by atoms with Gasteiger partial charge < -0.3 is 15.1 Å². The summed E-state index contributed by atoms with van der Waals surface area (Å²) in [7, 11) is 0. The maximum absolute atomic E-state index is 12.1. The summed E-state index contributed by atoms with van der Waals surface area (Å²) in [5.74, 6) is 1.47. The summed E-state index contributed by atoms with van der Waals surface area (Å²) in [6.07, 6.45) is 15.8. The molecule has 0 heterocycles. The Kier molecular flexibility index (Phi) is 10.1. The van der Waals surface area contributed by atoms with Crippen LogP contribution in [-0.2, 0) is 4.79 Å². The monoisotopic (exact) mass is 419 g/mol. The number of fused-ring (bicyclic) bond motifs is 1. The number of amides is 1. The predicted octanol–water partition coefficient (Wildman–Crippen LogP) is 5.25. The second-order valence-corrected chi connectivity index (χ2v) is 9.74. The topological polar surface area (TPSA) is 60.8 Å². The van der Waals surface area contributed by atoms with Crippen LogP contribution in [-0.4, -0.2) is 45.8 Å². The fourth-order valence-electron chi connectivity index (χ4n) is 5.29. The number of carbonyl (C=O) groups is 1. The van der Waals surface area contributed by atoms with E-state index in [0.29, 0.717) is 24.7 Å². The lowest BCUT2D eigenvalue weighted by Crippen LogP contribution is -2.30. The van der Waals surface area contributed by atoms with Gasteiger partial charge in [-0.1, -0.05) is 43.6 Å². The van der Waals surface area contributed by atoms with Crippen LogP contribution in [0.2, 0.25) is 0 Å². The Balaban J connectivity index is 1.77. The van der Waals surface area contributed by atoms with Gasteiger partial charge in [-0.15, -0.1) is 0 Å². The molecular formula is C26H45NO3. The Bertz CT molecular complexity index is 591. The van der Waals surface area contributed by atoms with Gasteiger partial charge in [-0.2, -0.15) is 0 Å². The normalized spacial score (nSPS) is 27.9. The molecule has 0 saturated heterocycles. The van der Waals surface area contributed by atoms with Crippen LogP contribution >= 0.6 is 0 Å². The van der Waals surface area contributed by atoms with Crippen molar-refractivity contribution in [2.45, 2.75) is 104 Å². The highest BCUT2D eigenvalue weighted by Crippen LogP contribution is 2.48. The van der Waals surface area contributed by atoms with Crippen LogP contribution in [0.15, 0.2) is 23.8 Å². The summed E-state index contributed by atoms with van der Waals surface area (Å²) in [5.41, 5.74) is 0.873. The van der Waals surface area contributed by atoms with Crippen molar-refractivity contribution in [1.29, 1.82) is 0 Å². The molecule has 0 aromatic carbocycles. The first-order valence-corrected chi connectivity index (χ1v) is 12.4. The maximum Gasteiger partial charge on any atom is 0.222 e. The number of nitrogens with zero attached hydrogens (tertiary/aromatic N) is 1. The highest BCUT2D eigenvalue weighted by Gasteiger charge is 2.43. The first kappa shape index (κ1) is 25.1. The Morgan fingerprint density at radius 2 is 1.97 bits per heavy atom. The second-order valence-electron chi connectivity index (χ2n) is 9.74. The van der Waals surface area contributed by atoms with Gasteiger partial charge in [0.2, 0.25) is 5.91 Å². The molecule has 0 unspecified atom stereocenters. The summed E-state index contributed by atoms with van der Waals surface area (Å²) in [4.78, 5) is 14.0. The third-order valence-electron chi connectivity index (χ3n) is 7.19. The fourth-order valence-corrected chi connectivity index (χ4v) is 5.29. The van der Waals surface area contributed by atoms with E-state index in [9.17, 15) is 15.0 Å². The van der Waals surface area contributed by atoms with Crippen molar-refractivity contribution in [2.75, 3.05) is 13.1 Å². The van der Waals surface area contributed by atoms with Crippen LogP contribution in [0.1, 0.15) is 91.9 Å². The van der Waals surface area contributed by atoms with Gasteiger partial charge in [-0.3, -0.25) is 4.79 Å². The van der Waals surface area contributed by atoms with E-state index < -0.39 is 5.60 Å². The Labute approximate surface area is 184 Å². The fraction of sp³-hybridized carbons (Fsp3) is 0.808. The minimum absolute atomic E-state index is 0.204. The summed E-state index contributed by atoms with van der Waals surface area (Å²) in [6.45, 7) is 9.74. The highest BCUT2D eigenvalue weighted by molar-refractivity contribution is 5.76. The van der Waals surface area contributed by atoms with Gasteiger partial charge in [0, 0.05) is 25.4 Å². The van der Waals surface area contributed by atoms with E-state index in [1.807, 2.05) is 25.7 Å². The van der Waals surface area contributed by atoms with E-state index >= 15 is 0 Å². The zero-order valence-corrected chi connectivity index (χ0v) is 19.8. The summed E-state index contributed by atoms with van der Waals surface area (Å²) in [5, 5.41) is 21.0. The number of hydrogen-bond donors (Lipinski definition) is 2. The van der Waals surface area contributed by atoms with Gasteiger partial charge in [0.25, 0.3) is 0 Å².